The Morgan fingerprint density at radius 1 is 0.352 bits per heavy atom. The quantitative estimate of drug-likeness (QED) is 0.0382. The van der Waals surface area contributed by atoms with E-state index in [9.17, 15) is 4.79 Å². The van der Waals surface area contributed by atoms with Crippen LogP contribution in [0.2, 0.25) is 0 Å². The van der Waals surface area contributed by atoms with Crippen molar-refractivity contribution in [3.8, 4) is 0 Å². The Labute approximate surface area is 340 Å². The molecule has 1 N–H and O–H groups in total. The molecular weight excluding hydrogens is 661 g/mol. The van der Waals surface area contributed by atoms with Crippen molar-refractivity contribution in [2.24, 2.45) is 0 Å². The molecule has 0 saturated heterocycles. The van der Waals surface area contributed by atoms with Gasteiger partial charge in [-0.25, -0.2) is 0 Å². The number of carbonyl (C=O) groups excluding carboxylic acids is 1. The number of hydrogen-bond acceptors (Lipinski definition) is 3. The van der Waals surface area contributed by atoms with Gasteiger partial charge >= 0.3 is 5.97 Å². The molecule has 54 heavy (non-hydrogen) atoms. The molecule has 0 aliphatic carbocycles. The predicted octanol–water partition coefficient (Wildman–Crippen LogP) is 17.7. The zero-order valence-corrected chi connectivity index (χ0v) is 37.2. The van der Waals surface area contributed by atoms with E-state index in [1.165, 1.54) is 263 Å². The van der Waals surface area contributed by atoms with Gasteiger partial charge in [-0.3, -0.25) is 4.79 Å². The highest BCUT2D eigenvalue weighted by Gasteiger charge is 2.03. The number of unbranched alkanes of at least 4 members (excludes halogenated alkanes) is 41. The molecule has 322 valence electrons. The van der Waals surface area contributed by atoms with E-state index in [4.69, 9.17) is 9.84 Å². The maximum atomic E-state index is 12.0. The number of carbonyl (C=O) groups is 1. The van der Waals surface area contributed by atoms with Crippen molar-refractivity contribution in [1.82, 2.24) is 0 Å². The van der Waals surface area contributed by atoms with Crippen LogP contribution in [0.15, 0.2) is 12.2 Å². The van der Waals surface area contributed by atoms with Crippen LogP contribution < -0.4 is 0 Å². The van der Waals surface area contributed by atoms with Crippen LogP contribution in [-0.4, -0.2) is 24.3 Å². The standard InChI is InChI=1S/C51H100O3/c1-2-3-4-5-6-7-8-9-10-24-27-30-33-36-39-42-45-48-51(53)54-50-47-44-41-38-35-32-29-26-23-21-19-17-15-13-11-12-14-16-18-20-22-25-28-31-34-37-40-43-46-49-52/h7-8,52H,2-6,9-50H2,1H3. The van der Waals surface area contributed by atoms with Crippen molar-refractivity contribution in [2.45, 2.75) is 296 Å². The minimum atomic E-state index is 0.0247. The number of ether oxygens (including phenoxy) is 1. The summed E-state index contributed by atoms with van der Waals surface area (Å²) in [6.45, 7) is 3.27. The highest BCUT2D eigenvalue weighted by Crippen LogP contribution is 2.17. The van der Waals surface area contributed by atoms with Crippen molar-refractivity contribution in [1.29, 1.82) is 0 Å². The molecule has 0 aromatic carbocycles. The van der Waals surface area contributed by atoms with Gasteiger partial charge in [0.25, 0.3) is 0 Å². The zero-order chi connectivity index (χ0) is 38.9. The summed E-state index contributed by atoms with van der Waals surface area (Å²) in [5, 5.41) is 8.81. The monoisotopic (exact) mass is 761 g/mol. The summed E-state index contributed by atoms with van der Waals surface area (Å²) in [6.07, 6.45) is 65.0. The molecule has 0 amide bonds. The molecule has 0 unspecified atom stereocenters. The number of aliphatic hydroxyl groups is 1. The summed E-state index contributed by atoms with van der Waals surface area (Å²) < 4.78 is 5.49. The van der Waals surface area contributed by atoms with E-state index in [1.807, 2.05) is 0 Å². The number of hydrogen-bond donors (Lipinski definition) is 1. The van der Waals surface area contributed by atoms with Gasteiger partial charge in [0.1, 0.15) is 0 Å². The van der Waals surface area contributed by atoms with Crippen LogP contribution in [-0.2, 0) is 9.53 Å². The molecule has 0 bridgehead atoms. The first-order chi connectivity index (χ1) is 26.8. The van der Waals surface area contributed by atoms with E-state index < -0.39 is 0 Å². The molecule has 0 spiro atoms. The van der Waals surface area contributed by atoms with Crippen LogP contribution in [0, 0.1) is 0 Å². The molecule has 0 atom stereocenters. The maximum absolute atomic E-state index is 12.0. The molecule has 0 radical (unpaired) electrons. The van der Waals surface area contributed by atoms with Crippen LogP contribution in [0.5, 0.6) is 0 Å². The van der Waals surface area contributed by atoms with Gasteiger partial charge in [0.15, 0.2) is 0 Å². The summed E-state index contributed by atoms with van der Waals surface area (Å²) >= 11 is 0. The third-order valence-electron chi connectivity index (χ3n) is 11.7. The average molecular weight is 761 g/mol. The number of rotatable bonds is 48. The Kier molecular flexibility index (Phi) is 49.4. The fourth-order valence-electron chi connectivity index (χ4n) is 7.94. The van der Waals surface area contributed by atoms with Gasteiger partial charge in [0.05, 0.1) is 6.61 Å². The third-order valence-corrected chi connectivity index (χ3v) is 11.7. The lowest BCUT2D eigenvalue weighted by atomic mass is 10.0. The van der Waals surface area contributed by atoms with E-state index in [1.54, 1.807) is 0 Å². The molecular formula is C51H100O3. The van der Waals surface area contributed by atoms with Gasteiger partial charge in [-0.1, -0.05) is 257 Å². The van der Waals surface area contributed by atoms with Gasteiger partial charge in [-0.05, 0) is 44.9 Å². The second kappa shape index (κ2) is 50.2. The first-order valence-electron chi connectivity index (χ1n) is 25.2. The minimum Gasteiger partial charge on any atom is -0.466 e. The Hall–Kier alpha value is -0.830. The van der Waals surface area contributed by atoms with E-state index in [-0.39, 0.29) is 5.97 Å². The molecule has 0 aliphatic heterocycles. The molecule has 0 aromatic heterocycles. The van der Waals surface area contributed by atoms with E-state index >= 15 is 0 Å². The normalized spacial score (nSPS) is 11.7. The second-order valence-corrected chi connectivity index (χ2v) is 17.2. The van der Waals surface area contributed by atoms with Crippen LogP contribution in [0.3, 0.4) is 0 Å². The maximum Gasteiger partial charge on any atom is 0.305 e. The summed E-state index contributed by atoms with van der Waals surface area (Å²) in [5.74, 6) is 0.0247. The van der Waals surface area contributed by atoms with E-state index in [2.05, 4.69) is 19.1 Å². The fourth-order valence-corrected chi connectivity index (χ4v) is 7.94. The lowest BCUT2D eigenvalue weighted by molar-refractivity contribution is -0.143. The second-order valence-electron chi connectivity index (χ2n) is 17.2. The van der Waals surface area contributed by atoms with Gasteiger partial charge in [-0.2, -0.15) is 0 Å². The van der Waals surface area contributed by atoms with E-state index in [0.717, 1.165) is 19.3 Å². The lowest BCUT2D eigenvalue weighted by Gasteiger charge is -2.06. The van der Waals surface area contributed by atoms with Crippen molar-refractivity contribution in [2.75, 3.05) is 13.2 Å². The first kappa shape index (κ1) is 53.2. The lowest BCUT2D eigenvalue weighted by Crippen LogP contribution is -2.05. The molecule has 0 saturated carbocycles. The summed E-state index contributed by atoms with van der Waals surface area (Å²) in [7, 11) is 0. The highest BCUT2D eigenvalue weighted by atomic mass is 16.5. The molecule has 0 aliphatic rings. The molecule has 3 nitrogen and oxygen atoms in total. The Bertz CT molecular complexity index is 703. The predicted molar refractivity (Wildman–Crippen MR) is 241 cm³/mol. The smallest absolute Gasteiger partial charge is 0.305 e. The van der Waals surface area contributed by atoms with Crippen molar-refractivity contribution in [3.63, 3.8) is 0 Å². The summed E-state index contributed by atoms with van der Waals surface area (Å²) in [4.78, 5) is 12.0. The topological polar surface area (TPSA) is 46.5 Å². The largest absolute Gasteiger partial charge is 0.466 e. The molecule has 3 heteroatoms. The van der Waals surface area contributed by atoms with Crippen LogP contribution in [0.1, 0.15) is 296 Å². The van der Waals surface area contributed by atoms with Crippen LogP contribution in [0.4, 0.5) is 0 Å². The molecule has 0 aromatic rings. The third kappa shape index (κ3) is 49.2. The fraction of sp³-hybridized carbons (Fsp3) is 0.941. The summed E-state index contributed by atoms with van der Waals surface area (Å²) in [5.41, 5.74) is 0. The molecule has 0 heterocycles. The van der Waals surface area contributed by atoms with Crippen molar-refractivity contribution in [3.05, 3.63) is 12.2 Å². The minimum absolute atomic E-state index is 0.0247. The Balaban J connectivity index is 3.15. The van der Waals surface area contributed by atoms with Gasteiger partial charge in [0.2, 0.25) is 0 Å². The van der Waals surface area contributed by atoms with Crippen molar-refractivity contribution < 1.29 is 14.6 Å². The van der Waals surface area contributed by atoms with Crippen LogP contribution in [0.25, 0.3) is 0 Å². The van der Waals surface area contributed by atoms with E-state index in [0.29, 0.717) is 19.6 Å². The van der Waals surface area contributed by atoms with Gasteiger partial charge in [0, 0.05) is 13.0 Å². The zero-order valence-electron chi connectivity index (χ0n) is 37.2. The average Bonchev–Trinajstić information content (AvgIpc) is 3.18. The van der Waals surface area contributed by atoms with Crippen molar-refractivity contribution >= 4 is 5.97 Å². The molecule has 0 fully saturated rings. The van der Waals surface area contributed by atoms with Gasteiger partial charge in [-0.15, -0.1) is 0 Å². The number of allylic oxidation sites excluding steroid dienone is 2. The molecule has 0 rings (SSSR count). The van der Waals surface area contributed by atoms with Gasteiger partial charge < -0.3 is 9.84 Å². The highest BCUT2D eigenvalue weighted by molar-refractivity contribution is 5.69. The first-order valence-corrected chi connectivity index (χ1v) is 25.2. The number of esters is 1. The Morgan fingerprint density at radius 3 is 0.926 bits per heavy atom. The summed E-state index contributed by atoms with van der Waals surface area (Å²) in [6, 6.07) is 0. The number of aliphatic hydroxyl groups excluding tert-OH is 1. The SMILES string of the molecule is CCCCCCC=CCCCCCCCCCCCC(=O)OCCCCCCCCCCCCCCCCCCCCCCCCCCCCCCCO. The van der Waals surface area contributed by atoms with Crippen LogP contribution >= 0.6 is 0 Å². The Morgan fingerprint density at radius 2 is 0.611 bits per heavy atom.